The standard InChI is InChI=1S/C16H17BrFNO2/c1-21-12-5-2-10(3-6-12)13(9-19)16(20)11-4-7-14(17)15(18)8-11/h2-8,13,16,20H,9,19H2,1H3. The first-order valence-electron chi connectivity index (χ1n) is 6.54. The van der Waals surface area contributed by atoms with Gasteiger partial charge in [-0.1, -0.05) is 18.2 Å². The molecule has 112 valence electrons. The van der Waals surface area contributed by atoms with Crippen LogP contribution in [-0.2, 0) is 0 Å². The smallest absolute Gasteiger partial charge is 0.137 e. The minimum absolute atomic E-state index is 0.255. The molecule has 5 heteroatoms. The summed E-state index contributed by atoms with van der Waals surface area (Å²) < 4.78 is 19.1. The molecule has 0 fully saturated rings. The van der Waals surface area contributed by atoms with Crippen molar-refractivity contribution in [3.8, 4) is 5.75 Å². The lowest BCUT2D eigenvalue weighted by molar-refractivity contribution is 0.147. The number of ether oxygens (including phenoxy) is 1. The molecule has 0 amide bonds. The maximum atomic E-state index is 13.6. The van der Waals surface area contributed by atoms with Gasteiger partial charge in [0.05, 0.1) is 17.7 Å². The topological polar surface area (TPSA) is 55.5 Å². The third kappa shape index (κ3) is 3.61. The monoisotopic (exact) mass is 353 g/mol. The van der Waals surface area contributed by atoms with Crippen LogP contribution in [-0.4, -0.2) is 18.8 Å². The van der Waals surface area contributed by atoms with Crippen LogP contribution in [0.3, 0.4) is 0 Å². The zero-order valence-electron chi connectivity index (χ0n) is 11.6. The van der Waals surface area contributed by atoms with Gasteiger partial charge in [0.2, 0.25) is 0 Å². The molecule has 0 aliphatic carbocycles. The highest BCUT2D eigenvalue weighted by Gasteiger charge is 2.22. The molecule has 0 aliphatic rings. The van der Waals surface area contributed by atoms with Gasteiger partial charge in [0, 0.05) is 12.5 Å². The molecule has 0 saturated carbocycles. The zero-order valence-corrected chi connectivity index (χ0v) is 13.2. The zero-order chi connectivity index (χ0) is 15.4. The molecule has 2 atom stereocenters. The summed E-state index contributed by atoms with van der Waals surface area (Å²) in [4.78, 5) is 0. The van der Waals surface area contributed by atoms with Gasteiger partial charge in [-0.2, -0.15) is 0 Å². The molecule has 0 radical (unpaired) electrons. The van der Waals surface area contributed by atoms with Crippen LogP contribution in [0.2, 0.25) is 0 Å². The van der Waals surface area contributed by atoms with E-state index in [1.54, 1.807) is 19.2 Å². The molecule has 2 rings (SSSR count). The number of aliphatic hydroxyl groups is 1. The summed E-state index contributed by atoms with van der Waals surface area (Å²) in [5.41, 5.74) is 7.17. The fourth-order valence-electron chi connectivity index (χ4n) is 2.23. The van der Waals surface area contributed by atoms with Crippen molar-refractivity contribution in [3.05, 3.63) is 63.9 Å². The van der Waals surface area contributed by atoms with Crippen molar-refractivity contribution < 1.29 is 14.2 Å². The second-order valence-electron chi connectivity index (χ2n) is 4.73. The summed E-state index contributed by atoms with van der Waals surface area (Å²) in [7, 11) is 1.59. The van der Waals surface area contributed by atoms with E-state index in [1.807, 2.05) is 24.3 Å². The lowest BCUT2D eigenvalue weighted by atomic mass is 9.89. The van der Waals surface area contributed by atoms with E-state index in [9.17, 15) is 9.50 Å². The molecule has 0 aliphatic heterocycles. The van der Waals surface area contributed by atoms with E-state index in [4.69, 9.17) is 10.5 Å². The Balaban J connectivity index is 2.28. The van der Waals surface area contributed by atoms with Crippen molar-refractivity contribution in [2.24, 2.45) is 5.73 Å². The van der Waals surface area contributed by atoms with Crippen LogP contribution in [0, 0.1) is 5.82 Å². The third-order valence-corrected chi connectivity index (χ3v) is 4.11. The number of rotatable bonds is 5. The maximum absolute atomic E-state index is 13.6. The average molecular weight is 354 g/mol. The average Bonchev–Trinajstić information content (AvgIpc) is 2.51. The van der Waals surface area contributed by atoms with Gasteiger partial charge in [0.1, 0.15) is 11.6 Å². The van der Waals surface area contributed by atoms with E-state index in [1.165, 1.54) is 6.07 Å². The van der Waals surface area contributed by atoms with Crippen molar-refractivity contribution in [2.45, 2.75) is 12.0 Å². The van der Waals surface area contributed by atoms with Gasteiger partial charge in [-0.15, -0.1) is 0 Å². The van der Waals surface area contributed by atoms with Gasteiger partial charge in [0.15, 0.2) is 0 Å². The number of aliphatic hydroxyl groups excluding tert-OH is 1. The summed E-state index contributed by atoms with van der Waals surface area (Å²) in [5, 5.41) is 10.5. The Labute approximate surface area is 131 Å². The summed E-state index contributed by atoms with van der Waals surface area (Å²) in [6.07, 6.45) is -0.869. The highest BCUT2D eigenvalue weighted by molar-refractivity contribution is 9.10. The van der Waals surface area contributed by atoms with Gasteiger partial charge in [-0.3, -0.25) is 0 Å². The Hall–Kier alpha value is -1.43. The number of halogens is 2. The molecule has 0 saturated heterocycles. The Morgan fingerprint density at radius 3 is 2.33 bits per heavy atom. The first kappa shape index (κ1) is 15.9. The molecule has 0 spiro atoms. The normalized spacial score (nSPS) is 13.8. The predicted molar refractivity (Wildman–Crippen MR) is 83.8 cm³/mol. The van der Waals surface area contributed by atoms with E-state index in [0.717, 1.165) is 11.3 Å². The van der Waals surface area contributed by atoms with Crippen LogP contribution in [0.25, 0.3) is 0 Å². The van der Waals surface area contributed by atoms with Gasteiger partial charge < -0.3 is 15.6 Å². The Morgan fingerprint density at radius 1 is 1.19 bits per heavy atom. The maximum Gasteiger partial charge on any atom is 0.137 e. The van der Waals surface area contributed by atoms with Crippen LogP contribution >= 0.6 is 15.9 Å². The molecule has 2 aromatic carbocycles. The molecule has 21 heavy (non-hydrogen) atoms. The number of nitrogens with two attached hydrogens (primary N) is 1. The van der Waals surface area contributed by atoms with E-state index in [-0.39, 0.29) is 12.5 Å². The van der Waals surface area contributed by atoms with Crippen molar-refractivity contribution in [2.75, 3.05) is 13.7 Å². The quantitative estimate of drug-likeness (QED) is 0.866. The number of hydrogen-bond donors (Lipinski definition) is 2. The first-order chi connectivity index (χ1) is 10.1. The largest absolute Gasteiger partial charge is 0.497 e. The van der Waals surface area contributed by atoms with Crippen molar-refractivity contribution in [1.82, 2.24) is 0 Å². The molecule has 0 aromatic heterocycles. The lowest BCUT2D eigenvalue weighted by Crippen LogP contribution is -2.20. The minimum atomic E-state index is -0.869. The van der Waals surface area contributed by atoms with Gasteiger partial charge in [-0.05, 0) is 51.3 Å². The molecule has 3 nitrogen and oxygen atoms in total. The van der Waals surface area contributed by atoms with E-state index in [2.05, 4.69) is 15.9 Å². The predicted octanol–water partition coefficient (Wildman–Crippen LogP) is 3.37. The molecule has 0 heterocycles. The van der Waals surface area contributed by atoms with Crippen molar-refractivity contribution in [1.29, 1.82) is 0 Å². The molecule has 3 N–H and O–H groups in total. The van der Waals surface area contributed by atoms with E-state index >= 15 is 0 Å². The highest BCUT2D eigenvalue weighted by atomic mass is 79.9. The summed E-state index contributed by atoms with van der Waals surface area (Å²) >= 11 is 3.10. The fourth-order valence-corrected chi connectivity index (χ4v) is 2.47. The van der Waals surface area contributed by atoms with Gasteiger partial charge in [0.25, 0.3) is 0 Å². The molecular weight excluding hydrogens is 337 g/mol. The van der Waals surface area contributed by atoms with Gasteiger partial charge >= 0.3 is 0 Å². The van der Waals surface area contributed by atoms with Crippen molar-refractivity contribution in [3.63, 3.8) is 0 Å². The van der Waals surface area contributed by atoms with Crippen molar-refractivity contribution >= 4 is 15.9 Å². The minimum Gasteiger partial charge on any atom is -0.497 e. The van der Waals surface area contributed by atoms with E-state index < -0.39 is 11.9 Å². The second-order valence-corrected chi connectivity index (χ2v) is 5.59. The molecule has 2 unspecified atom stereocenters. The summed E-state index contributed by atoms with van der Waals surface area (Å²) in [5.74, 6) is 0.0206. The Morgan fingerprint density at radius 2 is 1.81 bits per heavy atom. The lowest BCUT2D eigenvalue weighted by Gasteiger charge is -2.22. The number of hydrogen-bond acceptors (Lipinski definition) is 3. The molecule has 0 bridgehead atoms. The SMILES string of the molecule is COc1ccc(C(CN)C(O)c2ccc(Br)c(F)c2)cc1. The first-order valence-corrected chi connectivity index (χ1v) is 7.33. The molecule has 2 aromatic rings. The van der Waals surface area contributed by atoms with Crippen LogP contribution in [0.5, 0.6) is 5.75 Å². The van der Waals surface area contributed by atoms with Gasteiger partial charge in [-0.25, -0.2) is 4.39 Å². The highest BCUT2D eigenvalue weighted by Crippen LogP contribution is 2.32. The van der Waals surface area contributed by atoms with Crippen LogP contribution < -0.4 is 10.5 Å². The third-order valence-electron chi connectivity index (χ3n) is 3.46. The Bertz CT molecular complexity index is 604. The summed E-state index contributed by atoms with van der Waals surface area (Å²) in [6, 6.07) is 11.9. The molecular formula is C16H17BrFNO2. The number of methoxy groups -OCH3 is 1. The number of benzene rings is 2. The van der Waals surface area contributed by atoms with Crippen LogP contribution in [0.1, 0.15) is 23.1 Å². The van der Waals surface area contributed by atoms with Crippen LogP contribution in [0.4, 0.5) is 4.39 Å². The van der Waals surface area contributed by atoms with Crippen LogP contribution in [0.15, 0.2) is 46.9 Å². The second kappa shape index (κ2) is 7.02. The Kier molecular flexibility index (Phi) is 5.33. The fraction of sp³-hybridized carbons (Fsp3) is 0.250. The summed E-state index contributed by atoms with van der Waals surface area (Å²) in [6.45, 7) is 0.255. The van der Waals surface area contributed by atoms with E-state index in [0.29, 0.717) is 10.0 Å².